The largest absolute Gasteiger partial charge is 0.477 e. The smallest absolute Gasteiger partial charge is 0.462 e. The van der Waals surface area contributed by atoms with Gasteiger partial charge >= 0.3 is 19.8 Å². The van der Waals surface area contributed by atoms with E-state index in [1.165, 1.54) is 0 Å². The Labute approximate surface area is 207 Å². The number of esters is 2. The molecule has 1 N–H and O–H groups in total. The number of benzene rings is 2. The van der Waals surface area contributed by atoms with Crippen LogP contribution in [0.25, 0.3) is 0 Å². The van der Waals surface area contributed by atoms with E-state index in [9.17, 15) is 23.7 Å². The Kier molecular flexibility index (Phi) is 10.1. The number of phosphoric acid groups is 1. The molecule has 1 fully saturated rings. The summed E-state index contributed by atoms with van der Waals surface area (Å²) in [6.07, 6.45) is -8.83. The molecule has 2 aromatic carbocycles. The minimum absolute atomic E-state index is 0.166. The highest BCUT2D eigenvalue weighted by atomic mass is 31.2. The first kappa shape index (κ1) is 27.9. The molecular formula is C24H28FO10P. The molecule has 0 bridgehead atoms. The van der Waals surface area contributed by atoms with Gasteiger partial charge in [0.15, 0.2) is 18.6 Å². The number of alkyl halides is 1. The Morgan fingerprint density at radius 2 is 1.50 bits per heavy atom. The second-order valence-corrected chi connectivity index (χ2v) is 9.55. The predicted octanol–water partition coefficient (Wildman–Crippen LogP) is 3.46. The lowest BCUT2D eigenvalue weighted by atomic mass is 10.1. The molecule has 1 heterocycles. The van der Waals surface area contributed by atoms with Gasteiger partial charge in [-0.2, -0.15) is 0 Å². The zero-order chi connectivity index (χ0) is 26.1. The summed E-state index contributed by atoms with van der Waals surface area (Å²) in [5.74, 6) is -1.48. The van der Waals surface area contributed by atoms with E-state index in [4.69, 9.17) is 27.8 Å². The van der Waals surface area contributed by atoms with Gasteiger partial charge in [-0.05, 0) is 11.1 Å². The van der Waals surface area contributed by atoms with Gasteiger partial charge in [0.1, 0.15) is 18.8 Å². The number of carbonyl (C=O) groups excluding carboxylic acids is 2. The van der Waals surface area contributed by atoms with Gasteiger partial charge in [-0.15, -0.1) is 0 Å². The van der Waals surface area contributed by atoms with Gasteiger partial charge in [-0.25, -0.2) is 8.96 Å². The number of rotatable bonds is 12. The standard InChI is InChI=1S/C24H28FO10P/c1-16(26)30-15-20(33-17(2)27)23-21(25)22(28)24(34-23)35-36(29,31-13-18-9-5-3-6-10-18)32-14-19-11-7-4-8-12-19/h3-12,20-24,28H,13-15H2,1-2H3/t20-,21-,22-,23+,24?/m1/s1. The number of carbonyl (C=O) groups is 2. The minimum atomic E-state index is -4.42. The van der Waals surface area contributed by atoms with Crippen molar-refractivity contribution in [2.75, 3.05) is 6.61 Å². The van der Waals surface area contributed by atoms with Crippen LogP contribution in [-0.4, -0.2) is 54.4 Å². The van der Waals surface area contributed by atoms with Crippen LogP contribution < -0.4 is 0 Å². The predicted molar refractivity (Wildman–Crippen MR) is 123 cm³/mol. The number of aliphatic hydroxyl groups is 1. The van der Waals surface area contributed by atoms with Gasteiger partial charge in [0.25, 0.3) is 0 Å². The molecule has 2 aromatic rings. The van der Waals surface area contributed by atoms with Crippen molar-refractivity contribution >= 4 is 19.8 Å². The summed E-state index contributed by atoms with van der Waals surface area (Å²) in [4.78, 5) is 22.7. The molecule has 0 radical (unpaired) electrons. The van der Waals surface area contributed by atoms with Crippen molar-refractivity contribution in [2.24, 2.45) is 0 Å². The number of ether oxygens (including phenoxy) is 3. The van der Waals surface area contributed by atoms with E-state index in [1.807, 2.05) is 0 Å². The molecule has 0 spiro atoms. The maximum Gasteiger partial charge on any atom is 0.477 e. The van der Waals surface area contributed by atoms with Crippen molar-refractivity contribution in [1.29, 1.82) is 0 Å². The van der Waals surface area contributed by atoms with Crippen molar-refractivity contribution in [2.45, 2.75) is 57.8 Å². The van der Waals surface area contributed by atoms with E-state index in [-0.39, 0.29) is 13.2 Å². The second-order valence-electron chi connectivity index (χ2n) is 7.93. The molecule has 1 saturated heterocycles. The third-order valence-electron chi connectivity index (χ3n) is 5.04. The van der Waals surface area contributed by atoms with E-state index >= 15 is 0 Å². The summed E-state index contributed by atoms with van der Waals surface area (Å²) >= 11 is 0. The first-order valence-electron chi connectivity index (χ1n) is 11.1. The zero-order valence-electron chi connectivity index (χ0n) is 19.7. The fourth-order valence-electron chi connectivity index (χ4n) is 3.32. The van der Waals surface area contributed by atoms with E-state index in [1.54, 1.807) is 60.7 Å². The summed E-state index contributed by atoms with van der Waals surface area (Å²) in [5, 5.41) is 10.4. The third-order valence-corrected chi connectivity index (χ3v) is 6.40. The maximum absolute atomic E-state index is 15.0. The van der Waals surface area contributed by atoms with E-state index in [2.05, 4.69) is 0 Å². The third kappa shape index (κ3) is 8.19. The molecule has 0 amide bonds. The van der Waals surface area contributed by atoms with Crippen LogP contribution in [0.4, 0.5) is 4.39 Å². The van der Waals surface area contributed by atoms with Crippen molar-refractivity contribution in [3.8, 4) is 0 Å². The van der Waals surface area contributed by atoms with E-state index in [0.717, 1.165) is 13.8 Å². The number of halogens is 1. The Bertz CT molecular complexity index is 990. The average Bonchev–Trinajstić information content (AvgIpc) is 3.13. The quantitative estimate of drug-likeness (QED) is 0.324. The first-order valence-corrected chi connectivity index (χ1v) is 12.6. The van der Waals surface area contributed by atoms with Crippen LogP contribution in [-0.2, 0) is 55.1 Å². The molecule has 36 heavy (non-hydrogen) atoms. The monoisotopic (exact) mass is 526 g/mol. The van der Waals surface area contributed by atoms with Crippen LogP contribution in [0.2, 0.25) is 0 Å². The Morgan fingerprint density at radius 1 is 0.972 bits per heavy atom. The second kappa shape index (κ2) is 13.0. The SMILES string of the molecule is CC(=O)OC[C@@H](OC(C)=O)[C@@H]1OC(OP(=O)(OCc2ccccc2)OCc2ccccc2)[C@H](O)[C@H]1F. The molecule has 0 aliphatic carbocycles. The van der Waals surface area contributed by atoms with Gasteiger partial charge in [0.2, 0.25) is 0 Å². The molecule has 1 aliphatic heterocycles. The Hall–Kier alpha value is -2.66. The summed E-state index contributed by atoms with van der Waals surface area (Å²) in [5.41, 5.74) is 1.32. The molecular weight excluding hydrogens is 498 g/mol. The molecule has 5 atom stereocenters. The molecule has 12 heteroatoms. The normalized spacial score (nSPS) is 22.7. The van der Waals surface area contributed by atoms with Crippen LogP contribution >= 0.6 is 7.82 Å². The van der Waals surface area contributed by atoms with Gasteiger partial charge < -0.3 is 19.3 Å². The number of aliphatic hydroxyl groups excluding tert-OH is 1. The highest BCUT2D eigenvalue weighted by molar-refractivity contribution is 7.48. The maximum atomic E-state index is 15.0. The lowest BCUT2D eigenvalue weighted by Crippen LogP contribution is -2.41. The Balaban J connectivity index is 1.75. The van der Waals surface area contributed by atoms with Crippen LogP contribution in [0.15, 0.2) is 60.7 Å². The van der Waals surface area contributed by atoms with Crippen LogP contribution in [0.5, 0.6) is 0 Å². The summed E-state index contributed by atoms with van der Waals surface area (Å²) < 4.78 is 60.1. The topological polar surface area (TPSA) is 127 Å². The fraction of sp³-hybridized carbons (Fsp3) is 0.417. The highest BCUT2D eigenvalue weighted by Gasteiger charge is 2.52. The molecule has 3 rings (SSSR count). The van der Waals surface area contributed by atoms with Crippen molar-refractivity contribution < 1.29 is 51.4 Å². The Morgan fingerprint density at radius 3 is 1.97 bits per heavy atom. The highest BCUT2D eigenvalue weighted by Crippen LogP contribution is 2.53. The van der Waals surface area contributed by atoms with Gasteiger partial charge in [-0.3, -0.25) is 23.2 Å². The van der Waals surface area contributed by atoms with Crippen LogP contribution in [0.1, 0.15) is 25.0 Å². The average molecular weight is 526 g/mol. The molecule has 10 nitrogen and oxygen atoms in total. The minimum Gasteiger partial charge on any atom is -0.462 e. The first-order chi connectivity index (χ1) is 17.2. The molecule has 1 aliphatic rings. The molecule has 1 unspecified atom stereocenters. The number of hydrogen-bond donors (Lipinski definition) is 1. The fourth-order valence-corrected chi connectivity index (χ4v) is 4.56. The number of hydrogen-bond acceptors (Lipinski definition) is 10. The van der Waals surface area contributed by atoms with Crippen LogP contribution in [0, 0.1) is 0 Å². The summed E-state index contributed by atoms with van der Waals surface area (Å²) in [7, 11) is -4.42. The summed E-state index contributed by atoms with van der Waals surface area (Å²) in [6.45, 7) is 1.35. The van der Waals surface area contributed by atoms with E-state index in [0.29, 0.717) is 11.1 Å². The van der Waals surface area contributed by atoms with Crippen molar-refractivity contribution in [1.82, 2.24) is 0 Å². The lowest BCUT2D eigenvalue weighted by Gasteiger charge is -2.24. The lowest BCUT2D eigenvalue weighted by molar-refractivity contribution is -0.178. The van der Waals surface area contributed by atoms with Gasteiger partial charge in [0.05, 0.1) is 13.2 Å². The zero-order valence-corrected chi connectivity index (χ0v) is 20.6. The summed E-state index contributed by atoms with van der Waals surface area (Å²) in [6, 6.07) is 17.6. The molecule has 0 aromatic heterocycles. The van der Waals surface area contributed by atoms with Crippen LogP contribution in [0.3, 0.4) is 0 Å². The molecule has 196 valence electrons. The number of phosphoric ester groups is 1. The van der Waals surface area contributed by atoms with Gasteiger partial charge in [-0.1, -0.05) is 60.7 Å². The van der Waals surface area contributed by atoms with E-state index < -0.39 is 57.1 Å². The van der Waals surface area contributed by atoms with Crippen molar-refractivity contribution in [3.05, 3.63) is 71.8 Å². The van der Waals surface area contributed by atoms with Gasteiger partial charge in [0, 0.05) is 13.8 Å². The molecule has 0 saturated carbocycles. The van der Waals surface area contributed by atoms with Crippen molar-refractivity contribution in [3.63, 3.8) is 0 Å².